The lowest BCUT2D eigenvalue weighted by molar-refractivity contribution is 0.106. The summed E-state index contributed by atoms with van der Waals surface area (Å²) in [6.07, 6.45) is -1.27. The van der Waals surface area contributed by atoms with Crippen molar-refractivity contribution in [2.24, 2.45) is 0 Å². The maximum atomic E-state index is 10.1. The maximum absolute atomic E-state index is 10.1. The van der Waals surface area contributed by atoms with Gasteiger partial charge in [0.25, 0.3) is 0 Å². The molecule has 2 aromatic rings. The van der Waals surface area contributed by atoms with Gasteiger partial charge in [-0.25, -0.2) is 0 Å². The molecule has 0 amide bonds. The van der Waals surface area contributed by atoms with Gasteiger partial charge in [0.1, 0.15) is 12.7 Å². The van der Waals surface area contributed by atoms with E-state index in [-0.39, 0.29) is 6.61 Å². The summed E-state index contributed by atoms with van der Waals surface area (Å²) in [7, 11) is 1.54. The summed E-state index contributed by atoms with van der Waals surface area (Å²) in [5.74, 6) is 1.07. The van der Waals surface area contributed by atoms with Gasteiger partial charge < -0.3 is 19.7 Å². The molecular weight excluding hydrogens is 268 g/mol. The standard InChI is InChI=1S/C17H20O4/c1-12(18)14-8-9-16(17(10-14)20-2)21-11-15(19)13-6-4-3-5-7-13/h3-10,12,15,18-19H,11H2,1-2H3. The molecule has 0 aliphatic carbocycles. The van der Waals surface area contributed by atoms with Gasteiger partial charge in [0.2, 0.25) is 0 Å². The lowest BCUT2D eigenvalue weighted by atomic mass is 10.1. The van der Waals surface area contributed by atoms with Crippen molar-refractivity contribution < 1.29 is 19.7 Å². The zero-order chi connectivity index (χ0) is 15.2. The lowest BCUT2D eigenvalue weighted by Crippen LogP contribution is -2.10. The molecule has 0 saturated heterocycles. The first-order valence-corrected chi connectivity index (χ1v) is 6.83. The van der Waals surface area contributed by atoms with Crippen LogP contribution in [0, 0.1) is 0 Å². The Balaban J connectivity index is 2.06. The highest BCUT2D eigenvalue weighted by molar-refractivity contribution is 5.43. The second-order valence-corrected chi connectivity index (χ2v) is 4.82. The van der Waals surface area contributed by atoms with Crippen LogP contribution in [0.1, 0.15) is 30.3 Å². The van der Waals surface area contributed by atoms with Gasteiger partial charge in [0.05, 0.1) is 13.2 Å². The minimum absolute atomic E-state index is 0.133. The number of methoxy groups -OCH3 is 1. The highest BCUT2D eigenvalue weighted by Crippen LogP contribution is 2.31. The van der Waals surface area contributed by atoms with Gasteiger partial charge in [0.15, 0.2) is 11.5 Å². The third-order valence-electron chi connectivity index (χ3n) is 3.25. The fourth-order valence-corrected chi connectivity index (χ4v) is 2.00. The fourth-order valence-electron chi connectivity index (χ4n) is 2.00. The highest BCUT2D eigenvalue weighted by Gasteiger charge is 2.12. The average Bonchev–Trinajstić information content (AvgIpc) is 2.53. The molecule has 0 aliphatic heterocycles. The molecule has 0 radical (unpaired) electrons. The summed E-state index contributed by atoms with van der Waals surface area (Å²) >= 11 is 0. The van der Waals surface area contributed by atoms with Gasteiger partial charge in [-0.3, -0.25) is 0 Å². The summed E-state index contributed by atoms with van der Waals surface area (Å²) in [6.45, 7) is 1.82. The number of ether oxygens (including phenoxy) is 2. The van der Waals surface area contributed by atoms with Crippen LogP contribution in [0.5, 0.6) is 11.5 Å². The van der Waals surface area contributed by atoms with Crippen molar-refractivity contribution in [3.63, 3.8) is 0 Å². The van der Waals surface area contributed by atoms with Crippen molar-refractivity contribution in [1.82, 2.24) is 0 Å². The van der Waals surface area contributed by atoms with Crippen LogP contribution in [0.3, 0.4) is 0 Å². The second-order valence-electron chi connectivity index (χ2n) is 4.82. The Labute approximate surface area is 124 Å². The van der Waals surface area contributed by atoms with E-state index in [0.29, 0.717) is 11.5 Å². The molecule has 21 heavy (non-hydrogen) atoms. The predicted molar refractivity (Wildman–Crippen MR) is 80.5 cm³/mol. The van der Waals surface area contributed by atoms with Crippen LogP contribution >= 0.6 is 0 Å². The number of benzene rings is 2. The van der Waals surface area contributed by atoms with Crippen molar-refractivity contribution in [3.8, 4) is 11.5 Å². The van der Waals surface area contributed by atoms with Crippen molar-refractivity contribution in [1.29, 1.82) is 0 Å². The molecule has 2 unspecified atom stereocenters. The third kappa shape index (κ3) is 3.97. The van der Waals surface area contributed by atoms with Crippen LogP contribution in [0.25, 0.3) is 0 Å². The van der Waals surface area contributed by atoms with E-state index < -0.39 is 12.2 Å². The minimum atomic E-state index is -0.702. The first-order chi connectivity index (χ1) is 10.1. The Bertz CT molecular complexity index is 566. The first kappa shape index (κ1) is 15.4. The van der Waals surface area contributed by atoms with Crippen LogP contribution in [-0.4, -0.2) is 23.9 Å². The highest BCUT2D eigenvalue weighted by atomic mass is 16.5. The molecule has 0 aliphatic rings. The first-order valence-electron chi connectivity index (χ1n) is 6.83. The normalized spacial score (nSPS) is 13.5. The largest absolute Gasteiger partial charge is 0.493 e. The molecule has 0 heterocycles. The van der Waals surface area contributed by atoms with Crippen LogP contribution in [0.15, 0.2) is 48.5 Å². The molecule has 0 bridgehead atoms. The molecule has 2 atom stereocenters. The summed E-state index contributed by atoms with van der Waals surface area (Å²) in [5.41, 5.74) is 1.56. The van der Waals surface area contributed by atoms with Gasteiger partial charge in [-0.1, -0.05) is 36.4 Å². The van der Waals surface area contributed by atoms with E-state index in [0.717, 1.165) is 11.1 Å². The smallest absolute Gasteiger partial charge is 0.161 e. The van der Waals surface area contributed by atoms with E-state index in [1.807, 2.05) is 30.3 Å². The Morgan fingerprint density at radius 3 is 2.29 bits per heavy atom. The monoisotopic (exact) mass is 288 g/mol. The van der Waals surface area contributed by atoms with Gasteiger partial charge >= 0.3 is 0 Å². The molecule has 0 spiro atoms. The number of aliphatic hydroxyl groups excluding tert-OH is 2. The zero-order valence-corrected chi connectivity index (χ0v) is 12.2. The van der Waals surface area contributed by atoms with E-state index in [9.17, 15) is 10.2 Å². The fraction of sp³-hybridized carbons (Fsp3) is 0.294. The Kier molecular flexibility index (Phi) is 5.20. The Morgan fingerprint density at radius 2 is 1.67 bits per heavy atom. The molecule has 4 heteroatoms. The van der Waals surface area contributed by atoms with Gasteiger partial charge in [0, 0.05) is 0 Å². The predicted octanol–water partition coefficient (Wildman–Crippen LogP) is 2.86. The van der Waals surface area contributed by atoms with Crippen LogP contribution < -0.4 is 9.47 Å². The van der Waals surface area contributed by atoms with Crippen LogP contribution in [0.4, 0.5) is 0 Å². The quantitative estimate of drug-likeness (QED) is 0.858. The van der Waals surface area contributed by atoms with E-state index >= 15 is 0 Å². The molecule has 0 aromatic heterocycles. The summed E-state index contributed by atoms with van der Waals surface area (Å²) < 4.78 is 10.9. The Morgan fingerprint density at radius 1 is 0.952 bits per heavy atom. The molecule has 2 rings (SSSR count). The molecule has 0 fully saturated rings. The maximum Gasteiger partial charge on any atom is 0.161 e. The van der Waals surface area contributed by atoms with Gasteiger partial charge in [-0.05, 0) is 30.2 Å². The SMILES string of the molecule is COc1cc(C(C)O)ccc1OCC(O)c1ccccc1. The molecule has 2 N–H and O–H groups in total. The van der Waals surface area contributed by atoms with E-state index in [1.165, 1.54) is 0 Å². The van der Waals surface area contributed by atoms with Gasteiger partial charge in [-0.2, -0.15) is 0 Å². The van der Waals surface area contributed by atoms with E-state index in [1.54, 1.807) is 32.2 Å². The number of hydrogen-bond acceptors (Lipinski definition) is 4. The number of aliphatic hydroxyl groups is 2. The molecular formula is C17H20O4. The molecule has 2 aromatic carbocycles. The summed E-state index contributed by atoms with van der Waals surface area (Å²) in [5, 5.41) is 19.6. The van der Waals surface area contributed by atoms with Crippen molar-refractivity contribution in [3.05, 3.63) is 59.7 Å². The van der Waals surface area contributed by atoms with Gasteiger partial charge in [-0.15, -0.1) is 0 Å². The second kappa shape index (κ2) is 7.11. The topological polar surface area (TPSA) is 58.9 Å². The Hall–Kier alpha value is -2.04. The van der Waals surface area contributed by atoms with Crippen molar-refractivity contribution in [2.75, 3.05) is 13.7 Å². The van der Waals surface area contributed by atoms with Crippen LogP contribution in [-0.2, 0) is 0 Å². The van der Waals surface area contributed by atoms with E-state index in [2.05, 4.69) is 0 Å². The van der Waals surface area contributed by atoms with Crippen molar-refractivity contribution >= 4 is 0 Å². The zero-order valence-electron chi connectivity index (χ0n) is 12.2. The van der Waals surface area contributed by atoms with Crippen LogP contribution in [0.2, 0.25) is 0 Å². The summed E-state index contributed by atoms with van der Waals surface area (Å²) in [6, 6.07) is 14.6. The van der Waals surface area contributed by atoms with Crippen molar-refractivity contribution in [2.45, 2.75) is 19.1 Å². The average molecular weight is 288 g/mol. The summed E-state index contributed by atoms with van der Waals surface area (Å²) in [4.78, 5) is 0. The van der Waals surface area contributed by atoms with E-state index in [4.69, 9.17) is 9.47 Å². The third-order valence-corrected chi connectivity index (χ3v) is 3.25. The number of rotatable bonds is 6. The molecule has 112 valence electrons. The minimum Gasteiger partial charge on any atom is -0.493 e. The molecule has 0 saturated carbocycles. The molecule has 4 nitrogen and oxygen atoms in total. The lowest BCUT2D eigenvalue weighted by Gasteiger charge is -2.16. The number of hydrogen-bond donors (Lipinski definition) is 2.